The van der Waals surface area contributed by atoms with Gasteiger partial charge >= 0.3 is 0 Å². The highest BCUT2D eigenvalue weighted by atomic mass is 16.5. The van der Waals surface area contributed by atoms with Crippen molar-refractivity contribution in [3.8, 4) is 0 Å². The van der Waals surface area contributed by atoms with Crippen LogP contribution in [0.3, 0.4) is 0 Å². The Labute approximate surface area is 140 Å². The zero-order chi connectivity index (χ0) is 17.1. The number of aryl methyl sites for hydroxylation is 1. The maximum absolute atomic E-state index is 12.6. The molecular weight excluding hydrogens is 308 g/mol. The van der Waals surface area contributed by atoms with Crippen molar-refractivity contribution in [2.24, 2.45) is 0 Å². The number of H-pyrrole nitrogens is 1. The highest BCUT2D eigenvalue weighted by Gasteiger charge is 2.28. The highest BCUT2D eigenvalue weighted by molar-refractivity contribution is 5.92. The largest absolute Gasteiger partial charge is 0.368 e. The molecule has 3 rings (SSSR count). The van der Waals surface area contributed by atoms with Crippen molar-refractivity contribution < 1.29 is 9.53 Å². The van der Waals surface area contributed by atoms with Gasteiger partial charge in [-0.1, -0.05) is 6.92 Å². The van der Waals surface area contributed by atoms with Gasteiger partial charge in [-0.15, -0.1) is 0 Å². The molecule has 8 heteroatoms. The van der Waals surface area contributed by atoms with Crippen molar-refractivity contribution in [3.63, 3.8) is 0 Å². The molecule has 1 fully saturated rings. The minimum Gasteiger partial charge on any atom is -0.368 e. The number of hydrogen-bond acceptors (Lipinski definition) is 6. The first-order chi connectivity index (χ1) is 11.6. The monoisotopic (exact) mass is 330 g/mol. The normalized spacial score (nSPS) is 17.8. The highest BCUT2D eigenvalue weighted by Crippen LogP contribution is 2.22. The van der Waals surface area contributed by atoms with Gasteiger partial charge in [-0.3, -0.25) is 9.89 Å². The topological polar surface area (TPSA) is 87.2 Å². The lowest BCUT2D eigenvalue weighted by Gasteiger charge is -2.32. The number of nitrogens with one attached hydrogen (secondary N) is 1. The van der Waals surface area contributed by atoms with Gasteiger partial charge in [-0.25, -0.2) is 9.97 Å². The van der Waals surface area contributed by atoms with Crippen LogP contribution in [0.5, 0.6) is 0 Å². The van der Waals surface area contributed by atoms with Gasteiger partial charge in [0.2, 0.25) is 5.95 Å². The van der Waals surface area contributed by atoms with Gasteiger partial charge < -0.3 is 14.5 Å². The van der Waals surface area contributed by atoms with Gasteiger partial charge in [0.05, 0.1) is 18.8 Å². The number of aromatic nitrogens is 4. The van der Waals surface area contributed by atoms with Gasteiger partial charge in [0, 0.05) is 32.5 Å². The fourth-order valence-electron chi connectivity index (χ4n) is 2.58. The molecule has 0 aromatic carbocycles. The average Bonchev–Trinajstić information content (AvgIpc) is 3.10. The molecule has 1 amide bonds. The second kappa shape index (κ2) is 6.96. The van der Waals surface area contributed by atoms with E-state index in [0.29, 0.717) is 31.3 Å². The summed E-state index contributed by atoms with van der Waals surface area (Å²) in [7, 11) is 3.78. The maximum atomic E-state index is 12.6. The number of rotatable bonds is 4. The smallest absolute Gasteiger partial charge is 0.274 e. The molecule has 1 aliphatic rings. The third kappa shape index (κ3) is 3.38. The molecule has 3 heterocycles. The van der Waals surface area contributed by atoms with Gasteiger partial charge in [0.25, 0.3) is 5.91 Å². The van der Waals surface area contributed by atoms with Crippen LogP contribution in [0.2, 0.25) is 0 Å². The summed E-state index contributed by atoms with van der Waals surface area (Å²) in [5.74, 6) is 0.542. The molecule has 1 atom stereocenters. The van der Waals surface area contributed by atoms with Gasteiger partial charge in [-0.05, 0) is 18.6 Å². The lowest BCUT2D eigenvalue weighted by Crippen LogP contribution is -2.42. The van der Waals surface area contributed by atoms with Crippen LogP contribution in [0.4, 0.5) is 5.95 Å². The molecular formula is C16H22N6O2. The molecule has 1 saturated heterocycles. The van der Waals surface area contributed by atoms with Crippen molar-refractivity contribution in [2.45, 2.75) is 19.4 Å². The van der Waals surface area contributed by atoms with Gasteiger partial charge in [-0.2, -0.15) is 5.10 Å². The van der Waals surface area contributed by atoms with E-state index in [9.17, 15) is 4.79 Å². The Morgan fingerprint density at radius 3 is 3.04 bits per heavy atom. The minimum absolute atomic E-state index is 0.0823. The quantitative estimate of drug-likeness (QED) is 0.901. The van der Waals surface area contributed by atoms with Crippen LogP contribution in [0, 0.1) is 0 Å². The summed E-state index contributed by atoms with van der Waals surface area (Å²) in [6.45, 7) is 3.50. The van der Waals surface area contributed by atoms with Crippen molar-refractivity contribution >= 4 is 11.9 Å². The Kier molecular flexibility index (Phi) is 4.75. The summed E-state index contributed by atoms with van der Waals surface area (Å²) in [6.07, 6.45) is 2.28. The number of morpholine rings is 1. The Morgan fingerprint density at radius 2 is 2.33 bits per heavy atom. The van der Waals surface area contributed by atoms with Crippen molar-refractivity contribution in [3.05, 3.63) is 35.4 Å². The lowest BCUT2D eigenvalue weighted by atomic mass is 10.2. The van der Waals surface area contributed by atoms with Crippen LogP contribution in [0.1, 0.15) is 34.9 Å². The molecule has 0 radical (unpaired) electrons. The molecule has 1 aliphatic heterocycles. The molecule has 2 aromatic heterocycles. The molecule has 0 saturated carbocycles. The molecule has 0 bridgehead atoms. The second-order valence-corrected chi connectivity index (χ2v) is 5.92. The number of amides is 1. The molecule has 24 heavy (non-hydrogen) atoms. The molecule has 2 aromatic rings. The number of hydrogen-bond donors (Lipinski definition) is 1. The summed E-state index contributed by atoms with van der Waals surface area (Å²) < 4.78 is 5.81. The maximum Gasteiger partial charge on any atom is 0.274 e. The van der Waals surface area contributed by atoms with E-state index in [4.69, 9.17) is 4.74 Å². The Bertz CT molecular complexity index is 714. The van der Waals surface area contributed by atoms with Crippen molar-refractivity contribution in [2.75, 3.05) is 38.7 Å². The van der Waals surface area contributed by atoms with E-state index in [1.54, 1.807) is 11.1 Å². The van der Waals surface area contributed by atoms with Crippen LogP contribution in [-0.4, -0.2) is 64.8 Å². The number of anilines is 1. The molecule has 8 nitrogen and oxygen atoms in total. The van der Waals surface area contributed by atoms with E-state index in [2.05, 4.69) is 20.2 Å². The molecule has 0 aliphatic carbocycles. The number of carbonyl (C=O) groups excluding carboxylic acids is 1. The van der Waals surface area contributed by atoms with E-state index < -0.39 is 0 Å². The summed E-state index contributed by atoms with van der Waals surface area (Å²) in [5.41, 5.74) is 2.18. The van der Waals surface area contributed by atoms with Crippen molar-refractivity contribution in [1.29, 1.82) is 0 Å². The standard InChI is InChI=1S/C16H22N6O2/c1-4-11-9-13(20-19-11)15(23)22-7-8-24-14(10-22)12-5-6-17-16(18-12)21(2)3/h5-6,9,14H,4,7-8,10H2,1-3H3,(H,19,20). The van der Waals surface area contributed by atoms with E-state index in [1.807, 2.05) is 38.1 Å². The third-order valence-corrected chi connectivity index (χ3v) is 3.98. The summed E-state index contributed by atoms with van der Waals surface area (Å²) in [4.78, 5) is 25.0. The number of ether oxygens (including phenoxy) is 1. The Hall–Kier alpha value is -2.48. The van der Waals surface area contributed by atoms with Crippen LogP contribution >= 0.6 is 0 Å². The second-order valence-electron chi connectivity index (χ2n) is 5.92. The first-order valence-corrected chi connectivity index (χ1v) is 8.04. The fraction of sp³-hybridized carbons (Fsp3) is 0.500. The Morgan fingerprint density at radius 1 is 1.50 bits per heavy atom. The number of aromatic amines is 1. The zero-order valence-corrected chi connectivity index (χ0v) is 14.2. The fourth-order valence-corrected chi connectivity index (χ4v) is 2.58. The van der Waals surface area contributed by atoms with Crippen LogP contribution in [0.15, 0.2) is 18.3 Å². The minimum atomic E-state index is -0.256. The average molecular weight is 330 g/mol. The predicted molar refractivity (Wildman–Crippen MR) is 88.9 cm³/mol. The number of nitrogens with zero attached hydrogens (tertiary/aromatic N) is 5. The zero-order valence-electron chi connectivity index (χ0n) is 14.2. The van der Waals surface area contributed by atoms with E-state index in [0.717, 1.165) is 17.8 Å². The molecule has 128 valence electrons. The molecule has 0 spiro atoms. The van der Waals surface area contributed by atoms with E-state index in [1.165, 1.54) is 0 Å². The molecule has 1 unspecified atom stereocenters. The van der Waals surface area contributed by atoms with Crippen LogP contribution in [0.25, 0.3) is 0 Å². The van der Waals surface area contributed by atoms with E-state index >= 15 is 0 Å². The Balaban J connectivity index is 1.74. The van der Waals surface area contributed by atoms with Crippen molar-refractivity contribution in [1.82, 2.24) is 25.1 Å². The van der Waals surface area contributed by atoms with Crippen LogP contribution < -0.4 is 4.90 Å². The van der Waals surface area contributed by atoms with Gasteiger partial charge in [0.15, 0.2) is 0 Å². The first kappa shape index (κ1) is 16.4. The van der Waals surface area contributed by atoms with Crippen LogP contribution in [-0.2, 0) is 11.2 Å². The third-order valence-electron chi connectivity index (χ3n) is 3.98. The lowest BCUT2D eigenvalue weighted by molar-refractivity contribution is -0.0249. The number of carbonyl (C=O) groups is 1. The molecule has 1 N–H and O–H groups in total. The SMILES string of the molecule is CCc1cc(C(=O)N2CCOC(c3ccnc(N(C)C)n3)C2)n[nH]1. The summed E-state index contributed by atoms with van der Waals surface area (Å²) in [5, 5.41) is 6.99. The summed E-state index contributed by atoms with van der Waals surface area (Å²) >= 11 is 0. The predicted octanol–water partition coefficient (Wildman–Crippen LogP) is 1.04. The first-order valence-electron chi connectivity index (χ1n) is 8.04. The van der Waals surface area contributed by atoms with Gasteiger partial charge in [0.1, 0.15) is 11.8 Å². The van der Waals surface area contributed by atoms with E-state index in [-0.39, 0.29) is 12.0 Å². The summed E-state index contributed by atoms with van der Waals surface area (Å²) in [6, 6.07) is 3.64.